The molecule has 0 spiro atoms. The Balaban J connectivity index is 2.87. The van der Waals surface area contributed by atoms with E-state index in [2.05, 4.69) is 0 Å². The van der Waals surface area contributed by atoms with Gasteiger partial charge >= 0.3 is 5.97 Å². The minimum atomic E-state index is -1.63. The lowest BCUT2D eigenvalue weighted by molar-refractivity contribution is -0.171. The summed E-state index contributed by atoms with van der Waals surface area (Å²) in [6.07, 6.45) is -3.15. The molecule has 3 atom stereocenters. The molecule has 0 aromatic rings. The summed E-state index contributed by atoms with van der Waals surface area (Å²) in [5.74, 6) is -1.73. The quantitative estimate of drug-likeness (QED) is 0.707. The second kappa shape index (κ2) is 4.57. The number of aliphatic hydroxyl groups is 1. The molecule has 15 heavy (non-hydrogen) atoms. The van der Waals surface area contributed by atoms with E-state index in [-0.39, 0.29) is 19.3 Å². The SMILES string of the molecule is CCC(C(=O)O)N1C(=O)CCC(F)C1O. The molecule has 0 aromatic carbocycles. The molecule has 1 fully saturated rings. The molecule has 0 aromatic heterocycles. The highest BCUT2D eigenvalue weighted by Crippen LogP contribution is 2.23. The van der Waals surface area contributed by atoms with Crippen molar-refractivity contribution >= 4 is 11.9 Å². The third-order valence-corrected chi connectivity index (χ3v) is 2.54. The van der Waals surface area contributed by atoms with E-state index in [1.807, 2.05) is 0 Å². The highest BCUT2D eigenvalue weighted by atomic mass is 19.1. The summed E-state index contributed by atoms with van der Waals surface area (Å²) >= 11 is 0. The van der Waals surface area contributed by atoms with Crippen LogP contribution in [0.2, 0.25) is 0 Å². The predicted octanol–water partition coefficient (Wildman–Crippen LogP) is 0.128. The highest BCUT2D eigenvalue weighted by molar-refractivity contribution is 5.84. The first-order valence-corrected chi connectivity index (χ1v) is 4.85. The maximum Gasteiger partial charge on any atom is 0.326 e. The summed E-state index contributed by atoms with van der Waals surface area (Å²) in [5.41, 5.74) is 0. The van der Waals surface area contributed by atoms with Gasteiger partial charge in [-0.05, 0) is 12.8 Å². The van der Waals surface area contributed by atoms with Crippen molar-refractivity contribution in [3.63, 3.8) is 0 Å². The Morgan fingerprint density at radius 3 is 2.80 bits per heavy atom. The van der Waals surface area contributed by atoms with Crippen molar-refractivity contribution in [2.45, 2.75) is 44.6 Å². The van der Waals surface area contributed by atoms with E-state index in [1.54, 1.807) is 6.92 Å². The first kappa shape index (κ1) is 11.9. The molecular weight excluding hydrogens is 205 g/mol. The van der Waals surface area contributed by atoms with Gasteiger partial charge in [0.05, 0.1) is 0 Å². The second-order valence-corrected chi connectivity index (χ2v) is 3.53. The van der Waals surface area contributed by atoms with Gasteiger partial charge in [0, 0.05) is 6.42 Å². The van der Waals surface area contributed by atoms with Gasteiger partial charge in [-0.15, -0.1) is 0 Å². The number of nitrogens with zero attached hydrogens (tertiary/aromatic N) is 1. The molecule has 0 bridgehead atoms. The zero-order chi connectivity index (χ0) is 11.6. The van der Waals surface area contributed by atoms with Crippen LogP contribution in [0.5, 0.6) is 0 Å². The number of hydrogen-bond acceptors (Lipinski definition) is 3. The molecule has 1 heterocycles. The molecule has 1 rings (SSSR count). The summed E-state index contributed by atoms with van der Waals surface area (Å²) in [6, 6.07) is -1.15. The van der Waals surface area contributed by atoms with Gasteiger partial charge in [0.25, 0.3) is 0 Å². The van der Waals surface area contributed by atoms with Crippen molar-refractivity contribution in [3.05, 3.63) is 0 Å². The number of aliphatic carboxylic acids is 1. The third-order valence-electron chi connectivity index (χ3n) is 2.54. The Bertz CT molecular complexity index is 271. The molecule has 1 amide bonds. The van der Waals surface area contributed by atoms with Crippen LogP contribution in [0.4, 0.5) is 4.39 Å². The Kier molecular flexibility index (Phi) is 3.62. The van der Waals surface area contributed by atoms with E-state index in [4.69, 9.17) is 5.11 Å². The molecule has 1 saturated heterocycles. The van der Waals surface area contributed by atoms with E-state index in [1.165, 1.54) is 0 Å². The number of rotatable bonds is 3. The van der Waals surface area contributed by atoms with Crippen molar-refractivity contribution in [2.24, 2.45) is 0 Å². The highest BCUT2D eigenvalue weighted by Gasteiger charge is 2.40. The molecule has 2 N–H and O–H groups in total. The average molecular weight is 219 g/mol. The van der Waals surface area contributed by atoms with E-state index in [9.17, 15) is 19.1 Å². The number of carboxylic acids is 1. The van der Waals surface area contributed by atoms with Crippen molar-refractivity contribution in [3.8, 4) is 0 Å². The Hall–Kier alpha value is -1.17. The molecule has 1 aliphatic rings. The fourth-order valence-corrected chi connectivity index (χ4v) is 1.71. The van der Waals surface area contributed by atoms with E-state index in [0.717, 1.165) is 4.90 Å². The Morgan fingerprint density at radius 2 is 2.33 bits per heavy atom. The number of amides is 1. The van der Waals surface area contributed by atoms with Gasteiger partial charge in [-0.25, -0.2) is 9.18 Å². The molecular formula is C9H14FNO4. The van der Waals surface area contributed by atoms with Crippen LogP contribution in [-0.2, 0) is 9.59 Å². The van der Waals surface area contributed by atoms with Gasteiger partial charge in [0.2, 0.25) is 5.91 Å². The lowest BCUT2D eigenvalue weighted by atomic mass is 10.0. The normalized spacial score (nSPS) is 29.0. The Labute approximate surface area is 86.5 Å². The summed E-state index contributed by atoms with van der Waals surface area (Å²) in [7, 11) is 0. The van der Waals surface area contributed by atoms with E-state index in [0.29, 0.717) is 0 Å². The second-order valence-electron chi connectivity index (χ2n) is 3.53. The van der Waals surface area contributed by atoms with Gasteiger partial charge in [-0.2, -0.15) is 0 Å². The zero-order valence-corrected chi connectivity index (χ0v) is 8.39. The number of carbonyl (C=O) groups excluding carboxylic acids is 1. The van der Waals surface area contributed by atoms with Gasteiger partial charge in [0.15, 0.2) is 6.23 Å². The number of hydrogen-bond donors (Lipinski definition) is 2. The topological polar surface area (TPSA) is 77.8 Å². The standard InChI is InChI=1S/C9H14FNO4/c1-2-6(9(14)15)11-7(12)4-3-5(10)8(11)13/h5-6,8,13H,2-4H2,1H3,(H,14,15). The average Bonchev–Trinajstić information content (AvgIpc) is 2.18. The number of alkyl halides is 1. The van der Waals surface area contributed by atoms with Crippen molar-refractivity contribution < 1.29 is 24.2 Å². The lowest BCUT2D eigenvalue weighted by Gasteiger charge is -2.37. The third kappa shape index (κ3) is 2.26. The van der Waals surface area contributed by atoms with Gasteiger partial charge < -0.3 is 15.1 Å². The summed E-state index contributed by atoms with van der Waals surface area (Å²) in [5, 5.41) is 18.2. The number of piperidine rings is 1. The van der Waals surface area contributed by atoms with Crippen LogP contribution < -0.4 is 0 Å². The predicted molar refractivity (Wildman–Crippen MR) is 48.7 cm³/mol. The van der Waals surface area contributed by atoms with Gasteiger partial charge in [-0.1, -0.05) is 6.92 Å². The maximum absolute atomic E-state index is 13.1. The minimum Gasteiger partial charge on any atom is -0.480 e. The van der Waals surface area contributed by atoms with Crippen molar-refractivity contribution in [1.82, 2.24) is 4.90 Å². The minimum absolute atomic E-state index is 0.0491. The number of halogens is 1. The van der Waals surface area contributed by atoms with Crippen LogP contribution in [0, 0.1) is 0 Å². The summed E-state index contributed by atoms with van der Waals surface area (Å²) in [4.78, 5) is 22.9. The largest absolute Gasteiger partial charge is 0.480 e. The molecule has 6 heteroatoms. The maximum atomic E-state index is 13.1. The van der Waals surface area contributed by atoms with Crippen LogP contribution in [0.25, 0.3) is 0 Å². The van der Waals surface area contributed by atoms with E-state index >= 15 is 0 Å². The van der Waals surface area contributed by atoms with Crippen LogP contribution in [-0.4, -0.2) is 45.4 Å². The lowest BCUT2D eigenvalue weighted by Crippen LogP contribution is -2.56. The molecule has 1 aliphatic heterocycles. The molecule has 86 valence electrons. The monoisotopic (exact) mass is 219 g/mol. The number of carboxylic acid groups (broad SMARTS) is 1. The zero-order valence-electron chi connectivity index (χ0n) is 8.39. The van der Waals surface area contributed by atoms with Gasteiger partial charge in [0.1, 0.15) is 12.2 Å². The number of likely N-dealkylation sites (tertiary alicyclic amines) is 1. The van der Waals surface area contributed by atoms with Crippen molar-refractivity contribution in [2.75, 3.05) is 0 Å². The van der Waals surface area contributed by atoms with Crippen molar-refractivity contribution in [1.29, 1.82) is 0 Å². The number of aliphatic hydroxyl groups excluding tert-OH is 1. The van der Waals surface area contributed by atoms with E-state index < -0.39 is 30.3 Å². The Morgan fingerprint density at radius 1 is 1.73 bits per heavy atom. The molecule has 0 aliphatic carbocycles. The smallest absolute Gasteiger partial charge is 0.326 e. The molecule has 0 saturated carbocycles. The molecule has 3 unspecified atom stereocenters. The first-order chi connectivity index (χ1) is 6.99. The summed E-state index contributed by atoms with van der Waals surface area (Å²) in [6.45, 7) is 1.57. The van der Waals surface area contributed by atoms with Gasteiger partial charge in [-0.3, -0.25) is 4.79 Å². The van der Waals surface area contributed by atoms with Crippen LogP contribution >= 0.6 is 0 Å². The molecule has 0 radical (unpaired) electrons. The summed E-state index contributed by atoms with van der Waals surface area (Å²) < 4.78 is 13.1. The van der Waals surface area contributed by atoms with Crippen LogP contribution in [0.3, 0.4) is 0 Å². The number of carbonyl (C=O) groups is 2. The fraction of sp³-hybridized carbons (Fsp3) is 0.778. The van der Waals surface area contributed by atoms with Crippen LogP contribution in [0.15, 0.2) is 0 Å². The fourth-order valence-electron chi connectivity index (χ4n) is 1.71. The van der Waals surface area contributed by atoms with Crippen LogP contribution in [0.1, 0.15) is 26.2 Å². The first-order valence-electron chi connectivity index (χ1n) is 4.85. The molecule has 5 nitrogen and oxygen atoms in total.